The lowest BCUT2D eigenvalue weighted by Crippen LogP contribution is -2.24. The molecule has 2 heterocycles. The summed E-state index contributed by atoms with van der Waals surface area (Å²) >= 11 is 3.73. The minimum Gasteiger partial charge on any atom is -0.493 e. The zero-order valence-corrected chi connectivity index (χ0v) is 11.5. The summed E-state index contributed by atoms with van der Waals surface area (Å²) in [6.45, 7) is 3.72. The van der Waals surface area contributed by atoms with E-state index in [1.165, 1.54) is 0 Å². The van der Waals surface area contributed by atoms with Gasteiger partial charge in [-0.25, -0.2) is 0 Å². The molecule has 0 bridgehead atoms. The SMILES string of the molecule is CCC1SCCSC1c1nc(O)c(C)c(=O)[nH]1. The Hall–Kier alpha value is -0.620. The highest BCUT2D eigenvalue weighted by atomic mass is 32.2. The van der Waals surface area contributed by atoms with Crippen molar-refractivity contribution in [3.05, 3.63) is 21.7 Å². The van der Waals surface area contributed by atoms with Gasteiger partial charge in [0, 0.05) is 16.8 Å². The molecule has 1 saturated heterocycles. The van der Waals surface area contributed by atoms with Gasteiger partial charge in [-0.2, -0.15) is 16.7 Å². The molecule has 0 saturated carbocycles. The fraction of sp³-hybridized carbons (Fsp3) is 0.636. The number of rotatable bonds is 2. The topological polar surface area (TPSA) is 66.0 Å². The van der Waals surface area contributed by atoms with Crippen LogP contribution in [0.4, 0.5) is 0 Å². The van der Waals surface area contributed by atoms with E-state index in [1.54, 1.807) is 6.92 Å². The molecule has 4 nitrogen and oxygen atoms in total. The van der Waals surface area contributed by atoms with Crippen LogP contribution in [0.3, 0.4) is 0 Å². The highest BCUT2D eigenvalue weighted by Gasteiger charge is 2.29. The Morgan fingerprint density at radius 3 is 2.82 bits per heavy atom. The largest absolute Gasteiger partial charge is 0.493 e. The van der Waals surface area contributed by atoms with E-state index in [9.17, 15) is 9.90 Å². The number of aromatic nitrogens is 2. The molecule has 2 atom stereocenters. The number of aromatic amines is 1. The summed E-state index contributed by atoms with van der Waals surface area (Å²) < 4.78 is 0. The first-order chi connectivity index (χ1) is 8.13. The zero-order valence-electron chi connectivity index (χ0n) is 9.90. The van der Waals surface area contributed by atoms with Gasteiger partial charge in [-0.05, 0) is 13.3 Å². The molecular weight excluding hydrogens is 256 g/mol. The van der Waals surface area contributed by atoms with Gasteiger partial charge in [0.15, 0.2) is 0 Å². The molecule has 1 fully saturated rings. The summed E-state index contributed by atoms with van der Waals surface area (Å²) in [7, 11) is 0. The zero-order chi connectivity index (χ0) is 12.4. The predicted octanol–water partition coefficient (Wildman–Crippen LogP) is 2.08. The molecule has 6 heteroatoms. The van der Waals surface area contributed by atoms with E-state index in [0.717, 1.165) is 17.9 Å². The Bertz CT molecular complexity index is 461. The fourth-order valence-corrected chi connectivity index (χ4v) is 4.84. The van der Waals surface area contributed by atoms with Gasteiger partial charge in [0.1, 0.15) is 5.82 Å². The molecule has 0 spiro atoms. The van der Waals surface area contributed by atoms with Crippen LogP contribution in [0.1, 0.15) is 30.0 Å². The Labute approximate surface area is 109 Å². The number of H-pyrrole nitrogens is 1. The first-order valence-electron chi connectivity index (χ1n) is 5.66. The number of hydrogen-bond donors (Lipinski definition) is 2. The maximum atomic E-state index is 11.6. The second-order valence-electron chi connectivity index (χ2n) is 4.01. The monoisotopic (exact) mass is 272 g/mol. The summed E-state index contributed by atoms with van der Waals surface area (Å²) in [6, 6.07) is 0. The number of thioether (sulfide) groups is 2. The highest BCUT2D eigenvalue weighted by molar-refractivity contribution is 8.06. The van der Waals surface area contributed by atoms with Crippen LogP contribution in [0.5, 0.6) is 5.88 Å². The van der Waals surface area contributed by atoms with Crippen LogP contribution >= 0.6 is 23.5 Å². The molecule has 0 amide bonds. The van der Waals surface area contributed by atoms with E-state index in [2.05, 4.69) is 16.9 Å². The van der Waals surface area contributed by atoms with Crippen LogP contribution in [-0.4, -0.2) is 31.8 Å². The van der Waals surface area contributed by atoms with Crippen molar-refractivity contribution in [1.82, 2.24) is 9.97 Å². The molecular formula is C11H16N2O2S2. The van der Waals surface area contributed by atoms with Crippen molar-refractivity contribution in [2.75, 3.05) is 11.5 Å². The van der Waals surface area contributed by atoms with E-state index >= 15 is 0 Å². The van der Waals surface area contributed by atoms with Gasteiger partial charge in [-0.3, -0.25) is 4.79 Å². The van der Waals surface area contributed by atoms with Crippen molar-refractivity contribution < 1.29 is 5.11 Å². The molecule has 94 valence electrons. The maximum absolute atomic E-state index is 11.6. The molecule has 2 rings (SSSR count). The number of nitrogens with zero attached hydrogens (tertiary/aromatic N) is 1. The van der Waals surface area contributed by atoms with E-state index in [-0.39, 0.29) is 22.3 Å². The van der Waals surface area contributed by atoms with Crippen LogP contribution in [0.25, 0.3) is 0 Å². The van der Waals surface area contributed by atoms with Crippen LogP contribution in [-0.2, 0) is 0 Å². The lowest BCUT2D eigenvalue weighted by atomic mass is 10.2. The second-order valence-corrected chi connectivity index (χ2v) is 6.61. The van der Waals surface area contributed by atoms with E-state index in [4.69, 9.17) is 0 Å². The van der Waals surface area contributed by atoms with Gasteiger partial charge in [-0.15, -0.1) is 11.8 Å². The second kappa shape index (κ2) is 5.35. The van der Waals surface area contributed by atoms with Crippen molar-refractivity contribution in [2.45, 2.75) is 30.8 Å². The molecule has 1 aromatic heterocycles. The summed E-state index contributed by atoms with van der Waals surface area (Å²) in [5.41, 5.74) is 0.0498. The standard InChI is InChI=1S/C11H16N2O2S2/c1-3-7-8(17-5-4-16-7)9-12-10(14)6(2)11(15)13-9/h7-8H,3-5H2,1-2H3,(H2,12,13,14,15). The molecule has 2 unspecified atom stereocenters. The molecule has 0 aliphatic carbocycles. The first-order valence-corrected chi connectivity index (χ1v) is 7.76. The Morgan fingerprint density at radius 2 is 2.18 bits per heavy atom. The lowest BCUT2D eigenvalue weighted by molar-refractivity contribution is 0.442. The molecule has 1 aliphatic heterocycles. The van der Waals surface area contributed by atoms with Gasteiger partial charge < -0.3 is 10.1 Å². The highest BCUT2D eigenvalue weighted by Crippen LogP contribution is 2.42. The van der Waals surface area contributed by atoms with E-state index in [1.807, 2.05) is 23.5 Å². The molecule has 0 radical (unpaired) electrons. The minimum atomic E-state index is -0.237. The quantitative estimate of drug-likeness (QED) is 0.863. The molecule has 2 N–H and O–H groups in total. The average molecular weight is 272 g/mol. The average Bonchev–Trinajstić information content (AvgIpc) is 2.35. The van der Waals surface area contributed by atoms with Crippen molar-refractivity contribution in [1.29, 1.82) is 0 Å². The van der Waals surface area contributed by atoms with Crippen molar-refractivity contribution in [2.24, 2.45) is 0 Å². The third-order valence-electron chi connectivity index (χ3n) is 2.87. The van der Waals surface area contributed by atoms with Gasteiger partial charge in [0.2, 0.25) is 5.88 Å². The Balaban J connectivity index is 2.35. The van der Waals surface area contributed by atoms with Gasteiger partial charge >= 0.3 is 0 Å². The first kappa shape index (κ1) is 12.8. The summed E-state index contributed by atoms with van der Waals surface area (Å²) in [5, 5.41) is 10.3. The Kier molecular flexibility index (Phi) is 4.04. The third-order valence-corrected chi connectivity index (χ3v) is 6.12. The van der Waals surface area contributed by atoms with Gasteiger partial charge in [0.05, 0.1) is 10.8 Å². The van der Waals surface area contributed by atoms with Gasteiger partial charge in [0.25, 0.3) is 5.56 Å². The van der Waals surface area contributed by atoms with Crippen LogP contribution in [0.15, 0.2) is 4.79 Å². The minimum absolute atomic E-state index is 0.144. The van der Waals surface area contributed by atoms with Crippen molar-refractivity contribution in [3.8, 4) is 5.88 Å². The van der Waals surface area contributed by atoms with E-state index in [0.29, 0.717) is 11.1 Å². The molecule has 1 aliphatic rings. The van der Waals surface area contributed by atoms with Crippen LogP contribution in [0.2, 0.25) is 0 Å². The summed E-state index contributed by atoms with van der Waals surface area (Å²) in [4.78, 5) is 18.5. The predicted molar refractivity (Wildman–Crippen MR) is 73.0 cm³/mol. The van der Waals surface area contributed by atoms with E-state index < -0.39 is 0 Å². The lowest BCUT2D eigenvalue weighted by Gasteiger charge is -2.29. The molecule has 0 aromatic carbocycles. The van der Waals surface area contributed by atoms with Crippen LogP contribution < -0.4 is 5.56 Å². The van der Waals surface area contributed by atoms with Crippen molar-refractivity contribution >= 4 is 23.5 Å². The maximum Gasteiger partial charge on any atom is 0.257 e. The normalized spacial score (nSPS) is 24.8. The number of nitrogens with one attached hydrogen (secondary N) is 1. The smallest absolute Gasteiger partial charge is 0.257 e. The van der Waals surface area contributed by atoms with Crippen LogP contribution in [0, 0.1) is 6.92 Å². The summed E-state index contributed by atoms with van der Waals surface area (Å²) in [6.07, 6.45) is 1.04. The summed E-state index contributed by atoms with van der Waals surface area (Å²) in [5.74, 6) is 2.67. The molecule has 1 aromatic rings. The molecule has 17 heavy (non-hydrogen) atoms. The number of aromatic hydroxyl groups is 1. The number of hydrogen-bond acceptors (Lipinski definition) is 5. The van der Waals surface area contributed by atoms with Gasteiger partial charge in [-0.1, -0.05) is 6.92 Å². The van der Waals surface area contributed by atoms with Crippen molar-refractivity contribution in [3.63, 3.8) is 0 Å². The third kappa shape index (κ3) is 2.63. The Morgan fingerprint density at radius 1 is 1.47 bits per heavy atom. The fourth-order valence-electron chi connectivity index (χ4n) is 1.83.